The van der Waals surface area contributed by atoms with Gasteiger partial charge in [-0.2, -0.15) is 5.10 Å². The highest BCUT2D eigenvalue weighted by Crippen LogP contribution is 2.21. The molecule has 96 valence electrons. The van der Waals surface area contributed by atoms with Gasteiger partial charge in [-0.15, -0.1) is 0 Å². The van der Waals surface area contributed by atoms with Gasteiger partial charge in [0.2, 0.25) is 0 Å². The van der Waals surface area contributed by atoms with E-state index in [-0.39, 0.29) is 5.56 Å². The third-order valence-electron chi connectivity index (χ3n) is 3.42. The maximum Gasteiger partial charge on any atom is 0.258 e. The Morgan fingerprint density at radius 3 is 2.89 bits per heavy atom. The van der Waals surface area contributed by atoms with Crippen LogP contribution in [0.2, 0.25) is 0 Å². The fraction of sp³-hybridized carbons (Fsp3) is 0.200. The zero-order valence-corrected chi connectivity index (χ0v) is 11.0. The highest BCUT2D eigenvalue weighted by Gasteiger charge is 2.07. The largest absolute Gasteiger partial charge is 0.315 e. The summed E-state index contributed by atoms with van der Waals surface area (Å²) in [5.41, 5.74) is 2.78. The number of aryl methyl sites for hydroxylation is 2. The zero-order valence-electron chi connectivity index (χ0n) is 11.0. The second-order valence-electron chi connectivity index (χ2n) is 4.55. The number of aromatic nitrogens is 3. The van der Waals surface area contributed by atoms with Crippen LogP contribution in [0.25, 0.3) is 22.0 Å². The van der Waals surface area contributed by atoms with Crippen molar-refractivity contribution in [2.45, 2.75) is 13.5 Å². The lowest BCUT2D eigenvalue weighted by atomic mass is 10.1. The van der Waals surface area contributed by atoms with Crippen molar-refractivity contribution in [2.75, 3.05) is 0 Å². The molecule has 0 aliphatic rings. The van der Waals surface area contributed by atoms with E-state index in [0.29, 0.717) is 6.54 Å². The number of fused-ring (bicyclic) bond motifs is 1. The molecule has 0 N–H and O–H groups in total. The van der Waals surface area contributed by atoms with Crippen LogP contribution < -0.4 is 5.56 Å². The number of rotatable bonds is 2. The standard InChI is InChI=1S/C15H15N3O/c1-3-18-8-4-5-13(15(18)19)11-6-7-14-12(9-11)10-16-17(14)2/h4-10H,3H2,1-2H3. The summed E-state index contributed by atoms with van der Waals surface area (Å²) in [6, 6.07) is 9.76. The third kappa shape index (κ3) is 1.85. The predicted molar refractivity (Wildman–Crippen MR) is 76.1 cm³/mol. The van der Waals surface area contributed by atoms with Crippen molar-refractivity contribution >= 4 is 10.9 Å². The zero-order chi connectivity index (χ0) is 13.4. The minimum absolute atomic E-state index is 0.0493. The van der Waals surface area contributed by atoms with Crippen LogP contribution in [-0.2, 0) is 13.6 Å². The first-order valence-electron chi connectivity index (χ1n) is 6.32. The maximum atomic E-state index is 12.3. The molecule has 0 unspecified atom stereocenters. The number of hydrogen-bond acceptors (Lipinski definition) is 2. The Kier molecular flexibility index (Phi) is 2.71. The number of pyridine rings is 1. The molecule has 0 bridgehead atoms. The van der Waals surface area contributed by atoms with E-state index in [1.54, 1.807) is 4.57 Å². The fourth-order valence-electron chi connectivity index (χ4n) is 2.34. The Hall–Kier alpha value is -2.36. The van der Waals surface area contributed by atoms with Crippen LogP contribution in [0.3, 0.4) is 0 Å². The minimum atomic E-state index is 0.0493. The monoisotopic (exact) mass is 253 g/mol. The molecule has 3 rings (SSSR count). The van der Waals surface area contributed by atoms with Crippen molar-refractivity contribution in [2.24, 2.45) is 7.05 Å². The molecule has 2 heterocycles. The predicted octanol–water partition coefficient (Wildman–Crippen LogP) is 2.42. The molecule has 0 saturated carbocycles. The molecule has 0 amide bonds. The molecular formula is C15H15N3O. The average Bonchev–Trinajstić information content (AvgIpc) is 2.80. The van der Waals surface area contributed by atoms with E-state index in [2.05, 4.69) is 5.10 Å². The van der Waals surface area contributed by atoms with Crippen LogP contribution in [-0.4, -0.2) is 14.3 Å². The van der Waals surface area contributed by atoms with Gasteiger partial charge in [-0.05, 0) is 36.8 Å². The van der Waals surface area contributed by atoms with Gasteiger partial charge in [0.25, 0.3) is 5.56 Å². The van der Waals surface area contributed by atoms with Crippen molar-refractivity contribution in [1.29, 1.82) is 0 Å². The Bertz CT molecular complexity index is 799. The Balaban J connectivity index is 2.22. The Morgan fingerprint density at radius 2 is 2.11 bits per heavy atom. The SMILES string of the molecule is CCn1cccc(-c2ccc3c(cnn3C)c2)c1=O. The number of benzene rings is 1. The van der Waals surface area contributed by atoms with Gasteiger partial charge in [-0.1, -0.05) is 6.07 Å². The van der Waals surface area contributed by atoms with E-state index in [4.69, 9.17) is 0 Å². The second-order valence-corrected chi connectivity index (χ2v) is 4.55. The molecule has 4 heteroatoms. The molecule has 0 radical (unpaired) electrons. The van der Waals surface area contributed by atoms with Crippen LogP contribution in [0.4, 0.5) is 0 Å². The fourth-order valence-corrected chi connectivity index (χ4v) is 2.34. The molecule has 0 fully saturated rings. The van der Waals surface area contributed by atoms with Crippen molar-refractivity contribution in [3.8, 4) is 11.1 Å². The van der Waals surface area contributed by atoms with Gasteiger partial charge in [0.05, 0.1) is 11.7 Å². The quantitative estimate of drug-likeness (QED) is 0.703. The lowest BCUT2D eigenvalue weighted by molar-refractivity contribution is 0.729. The molecule has 19 heavy (non-hydrogen) atoms. The van der Waals surface area contributed by atoms with E-state index < -0.39 is 0 Å². The summed E-state index contributed by atoms with van der Waals surface area (Å²) in [5.74, 6) is 0. The molecule has 0 saturated heterocycles. The minimum Gasteiger partial charge on any atom is -0.315 e. The molecule has 4 nitrogen and oxygen atoms in total. The molecule has 0 atom stereocenters. The lowest BCUT2D eigenvalue weighted by Gasteiger charge is -2.06. The summed E-state index contributed by atoms with van der Waals surface area (Å²) in [6.45, 7) is 2.65. The van der Waals surface area contributed by atoms with Crippen LogP contribution >= 0.6 is 0 Å². The summed E-state index contributed by atoms with van der Waals surface area (Å²) in [4.78, 5) is 12.3. The van der Waals surface area contributed by atoms with Crippen molar-refractivity contribution < 1.29 is 0 Å². The van der Waals surface area contributed by atoms with E-state index in [1.807, 2.05) is 61.4 Å². The van der Waals surface area contributed by atoms with Gasteiger partial charge >= 0.3 is 0 Å². The van der Waals surface area contributed by atoms with Crippen molar-refractivity contribution in [3.63, 3.8) is 0 Å². The van der Waals surface area contributed by atoms with Gasteiger partial charge in [0, 0.05) is 30.7 Å². The maximum absolute atomic E-state index is 12.3. The number of hydrogen-bond donors (Lipinski definition) is 0. The van der Waals surface area contributed by atoms with Crippen LogP contribution in [0.5, 0.6) is 0 Å². The summed E-state index contributed by atoms with van der Waals surface area (Å²) in [5, 5.41) is 5.27. The summed E-state index contributed by atoms with van der Waals surface area (Å²) >= 11 is 0. The molecule has 0 spiro atoms. The average molecular weight is 253 g/mol. The van der Waals surface area contributed by atoms with Crippen LogP contribution in [0.1, 0.15) is 6.92 Å². The first-order chi connectivity index (χ1) is 9.20. The van der Waals surface area contributed by atoms with E-state index in [1.165, 1.54) is 0 Å². The van der Waals surface area contributed by atoms with Gasteiger partial charge in [0.15, 0.2) is 0 Å². The highest BCUT2D eigenvalue weighted by molar-refractivity contribution is 5.84. The first-order valence-corrected chi connectivity index (χ1v) is 6.32. The molecule has 0 aliphatic heterocycles. The van der Waals surface area contributed by atoms with Gasteiger partial charge in [-0.25, -0.2) is 0 Å². The summed E-state index contributed by atoms with van der Waals surface area (Å²) in [7, 11) is 1.91. The summed E-state index contributed by atoms with van der Waals surface area (Å²) in [6.07, 6.45) is 3.63. The van der Waals surface area contributed by atoms with E-state index in [0.717, 1.165) is 22.0 Å². The van der Waals surface area contributed by atoms with E-state index >= 15 is 0 Å². The molecular weight excluding hydrogens is 238 g/mol. The van der Waals surface area contributed by atoms with Crippen molar-refractivity contribution in [3.05, 3.63) is 53.1 Å². The normalized spacial score (nSPS) is 11.1. The molecule has 1 aromatic carbocycles. The molecule has 3 aromatic rings. The van der Waals surface area contributed by atoms with Gasteiger partial charge in [-0.3, -0.25) is 9.48 Å². The van der Waals surface area contributed by atoms with Gasteiger partial charge in [0.1, 0.15) is 0 Å². The topological polar surface area (TPSA) is 39.8 Å². The second kappa shape index (κ2) is 4.39. The van der Waals surface area contributed by atoms with Crippen LogP contribution in [0.15, 0.2) is 47.5 Å². The van der Waals surface area contributed by atoms with Crippen molar-refractivity contribution in [1.82, 2.24) is 14.3 Å². The number of nitrogens with zero attached hydrogens (tertiary/aromatic N) is 3. The summed E-state index contributed by atoms with van der Waals surface area (Å²) < 4.78 is 3.54. The Labute approximate surface area is 110 Å². The lowest BCUT2D eigenvalue weighted by Crippen LogP contribution is -2.19. The van der Waals surface area contributed by atoms with Crippen LogP contribution in [0, 0.1) is 0 Å². The molecule has 2 aromatic heterocycles. The third-order valence-corrected chi connectivity index (χ3v) is 3.42. The molecule has 0 aliphatic carbocycles. The first kappa shape index (κ1) is 11.7. The Morgan fingerprint density at radius 1 is 1.26 bits per heavy atom. The highest BCUT2D eigenvalue weighted by atomic mass is 16.1. The smallest absolute Gasteiger partial charge is 0.258 e. The van der Waals surface area contributed by atoms with Gasteiger partial charge < -0.3 is 4.57 Å². The van der Waals surface area contributed by atoms with E-state index in [9.17, 15) is 4.79 Å².